The molecular formula is C22H23NO4. The van der Waals surface area contributed by atoms with Gasteiger partial charge in [-0.2, -0.15) is 0 Å². The Morgan fingerprint density at radius 2 is 1.70 bits per heavy atom. The van der Waals surface area contributed by atoms with Gasteiger partial charge in [0, 0.05) is 0 Å². The first-order chi connectivity index (χ1) is 12.9. The molecule has 0 saturated heterocycles. The van der Waals surface area contributed by atoms with E-state index in [1.165, 1.54) is 23.1 Å². The van der Waals surface area contributed by atoms with E-state index in [1.807, 2.05) is 26.0 Å². The van der Waals surface area contributed by atoms with Gasteiger partial charge in [0.05, 0.1) is 29.0 Å². The van der Waals surface area contributed by atoms with Crippen LogP contribution in [0, 0.1) is 13.8 Å². The summed E-state index contributed by atoms with van der Waals surface area (Å²) < 4.78 is 5.25. The minimum atomic E-state index is -0.473. The Kier molecular flexibility index (Phi) is 5.40. The molecule has 0 atom stereocenters. The predicted molar refractivity (Wildman–Crippen MR) is 103 cm³/mol. The second kappa shape index (κ2) is 7.74. The molecule has 3 rings (SSSR count). The van der Waals surface area contributed by atoms with E-state index in [0.717, 1.165) is 30.4 Å². The lowest BCUT2D eigenvalue weighted by atomic mass is 10.1. The normalized spacial score (nSPS) is 13.1. The lowest BCUT2D eigenvalue weighted by molar-refractivity contribution is 0.0498. The molecule has 1 aliphatic rings. The molecule has 5 heteroatoms. The molecule has 0 N–H and O–H groups in total. The number of anilines is 1. The molecule has 27 heavy (non-hydrogen) atoms. The monoisotopic (exact) mass is 365 g/mol. The molecule has 0 aliphatic carbocycles. The molecule has 0 spiro atoms. The summed E-state index contributed by atoms with van der Waals surface area (Å²) in [5, 5.41) is 0. The van der Waals surface area contributed by atoms with Gasteiger partial charge >= 0.3 is 5.97 Å². The van der Waals surface area contributed by atoms with Crippen molar-refractivity contribution in [2.45, 2.75) is 40.0 Å². The number of fused-ring (bicyclic) bond motifs is 1. The van der Waals surface area contributed by atoms with Crippen LogP contribution in [0.5, 0.6) is 0 Å². The van der Waals surface area contributed by atoms with Gasteiger partial charge in [-0.25, -0.2) is 9.69 Å². The van der Waals surface area contributed by atoms with Crippen molar-refractivity contribution in [2.75, 3.05) is 11.5 Å². The number of esters is 1. The van der Waals surface area contributed by atoms with Gasteiger partial charge in [-0.3, -0.25) is 9.59 Å². The molecule has 1 heterocycles. The van der Waals surface area contributed by atoms with Crippen LogP contribution in [0.15, 0.2) is 36.4 Å². The summed E-state index contributed by atoms with van der Waals surface area (Å²) in [4.78, 5) is 39.0. The van der Waals surface area contributed by atoms with Gasteiger partial charge in [0.2, 0.25) is 0 Å². The smallest absolute Gasteiger partial charge is 0.338 e. The van der Waals surface area contributed by atoms with Gasteiger partial charge in [0.25, 0.3) is 11.8 Å². The average Bonchev–Trinajstić information content (AvgIpc) is 2.89. The van der Waals surface area contributed by atoms with E-state index in [-0.39, 0.29) is 17.0 Å². The molecule has 5 nitrogen and oxygen atoms in total. The number of carbonyl (C=O) groups is 3. The molecule has 0 saturated carbocycles. The third-order valence-corrected chi connectivity index (χ3v) is 4.70. The first kappa shape index (κ1) is 18.8. The summed E-state index contributed by atoms with van der Waals surface area (Å²) in [5.41, 5.74) is 3.30. The van der Waals surface area contributed by atoms with Gasteiger partial charge < -0.3 is 4.74 Å². The van der Waals surface area contributed by atoms with Crippen LogP contribution < -0.4 is 4.90 Å². The molecule has 0 radical (unpaired) electrons. The first-order valence-electron chi connectivity index (χ1n) is 9.21. The minimum absolute atomic E-state index is 0.239. The van der Waals surface area contributed by atoms with Crippen LogP contribution in [0.1, 0.15) is 68.4 Å². The second-order valence-electron chi connectivity index (χ2n) is 6.84. The van der Waals surface area contributed by atoms with Gasteiger partial charge in [0.15, 0.2) is 0 Å². The van der Waals surface area contributed by atoms with Crippen molar-refractivity contribution in [3.8, 4) is 0 Å². The Labute approximate surface area is 158 Å². The van der Waals surface area contributed by atoms with E-state index >= 15 is 0 Å². The van der Waals surface area contributed by atoms with Crippen molar-refractivity contribution in [1.82, 2.24) is 0 Å². The molecule has 1 aliphatic heterocycles. The maximum atomic E-state index is 12.9. The fourth-order valence-corrected chi connectivity index (χ4v) is 3.24. The standard InChI is InChI=1S/C22H23NO4/c1-4-5-6-11-27-22(26)16-8-9-17-18(13-16)21(25)23(20(17)24)19-10-7-14(2)12-15(19)3/h7-10,12-13H,4-6,11H2,1-3H3. The maximum absolute atomic E-state index is 12.9. The zero-order valence-electron chi connectivity index (χ0n) is 15.9. The zero-order valence-corrected chi connectivity index (χ0v) is 15.9. The molecule has 0 aromatic heterocycles. The Morgan fingerprint density at radius 1 is 0.963 bits per heavy atom. The number of nitrogens with zero attached hydrogens (tertiary/aromatic N) is 1. The quantitative estimate of drug-likeness (QED) is 0.431. The summed E-state index contributed by atoms with van der Waals surface area (Å²) in [7, 11) is 0. The molecule has 2 aromatic carbocycles. The number of aryl methyl sites for hydroxylation is 2. The lowest BCUT2D eigenvalue weighted by Gasteiger charge is -2.16. The number of ether oxygens (including phenoxy) is 1. The van der Waals surface area contributed by atoms with E-state index in [0.29, 0.717) is 17.9 Å². The summed E-state index contributed by atoms with van der Waals surface area (Å²) >= 11 is 0. The van der Waals surface area contributed by atoms with Crippen molar-refractivity contribution in [3.63, 3.8) is 0 Å². The predicted octanol–water partition coefficient (Wildman–Crippen LogP) is 4.45. The fourth-order valence-electron chi connectivity index (χ4n) is 3.24. The summed E-state index contributed by atoms with van der Waals surface area (Å²) in [6, 6.07) is 10.1. The third kappa shape index (κ3) is 3.63. The highest BCUT2D eigenvalue weighted by Gasteiger charge is 2.37. The van der Waals surface area contributed by atoms with E-state index < -0.39 is 11.9 Å². The number of imide groups is 1. The zero-order chi connectivity index (χ0) is 19.6. The van der Waals surface area contributed by atoms with Gasteiger partial charge in [-0.05, 0) is 50.1 Å². The summed E-state index contributed by atoms with van der Waals surface area (Å²) in [5.74, 6) is -1.26. The molecule has 140 valence electrons. The molecule has 0 bridgehead atoms. The molecule has 2 aromatic rings. The number of benzene rings is 2. The van der Waals surface area contributed by atoms with E-state index in [1.54, 1.807) is 6.07 Å². The Morgan fingerprint density at radius 3 is 2.41 bits per heavy atom. The lowest BCUT2D eigenvalue weighted by Crippen LogP contribution is -2.30. The number of amides is 2. The van der Waals surface area contributed by atoms with Crippen LogP contribution in [0.3, 0.4) is 0 Å². The number of unbranched alkanes of at least 4 members (excludes halogenated alkanes) is 2. The van der Waals surface area contributed by atoms with E-state index in [4.69, 9.17) is 4.74 Å². The highest BCUT2D eigenvalue weighted by Crippen LogP contribution is 2.31. The van der Waals surface area contributed by atoms with Crippen LogP contribution in [0.25, 0.3) is 0 Å². The number of hydrogen-bond donors (Lipinski definition) is 0. The van der Waals surface area contributed by atoms with Crippen molar-refractivity contribution in [1.29, 1.82) is 0 Å². The average molecular weight is 365 g/mol. The van der Waals surface area contributed by atoms with E-state index in [9.17, 15) is 14.4 Å². The SMILES string of the molecule is CCCCCOC(=O)c1ccc2c(c1)C(=O)N(c1ccc(C)cc1C)C2=O. The van der Waals surface area contributed by atoms with Gasteiger partial charge in [-0.15, -0.1) is 0 Å². The Bertz CT molecular complexity index is 917. The van der Waals surface area contributed by atoms with Crippen LogP contribution in [0.4, 0.5) is 5.69 Å². The van der Waals surface area contributed by atoms with Crippen molar-refractivity contribution in [3.05, 3.63) is 64.2 Å². The van der Waals surface area contributed by atoms with Gasteiger partial charge in [-0.1, -0.05) is 37.5 Å². The molecular weight excluding hydrogens is 342 g/mol. The van der Waals surface area contributed by atoms with Crippen LogP contribution >= 0.6 is 0 Å². The maximum Gasteiger partial charge on any atom is 0.338 e. The van der Waals surface area contributed by atoms with Crippen LogP contribution in [-0.4, -0.2) is 24.4 Å². The second-order valence-corrected chi connectivity index (χ2v) is 6.84. The van der Waals surface area contributed by atoms with Crippen molar-refractivity contribution >= 4 is 23.5 Å². The fraction of sp³-hybridized carbons (Fsp3) is 0.318. The largest absolute Gasteiger partial charge is 0.462 e. The van der Waals surface area contributed by atoms with Crippen molar-refractivity contribution in [2.24, 2.45) is 0 Å². The van der Waals surface area contributed by atoms with Gasteiger partial charge in [0.1, 0.15) is 0 Å². The van der Waals surface area contributed by atoms with Crippen LogP contribution in [-0.2, 0) is 4.74 Å². The number of carbonyl (C=O) groups excluding carboxylic acids is 3. The first-order valence-corrected chi connectivity index (χ1v) is 9.21. The molecule has 0 fully saturated rings. The number of rotatable bonds is 6. The third-order valence-electron chi connectivity index (χ3n) is 4.70. The number of hydrogen-bond acceptors (Lipinski definition) is 4. The summed E-state index contributed by atoms with van der Waals surface area (Å²) in [6.07, 6.45) is 2.85. The highest BCUT2D eigenvalue weighted by atomic mass is 16.5. The minimum Gasteiger partial charge on any atom is -0.462 e. The summed E-state index contributed by atoms with van der Waals surface area (Å²) in [6.45, 7) is 6.25. The van der Waals surface area contributed by atoms with Crippen LogP contribution in [0.2, 0.25) is 0 Å². The van der Waals surface area contributed by atoms with Crippen molar-refractivity contribution < 1.29 is 19.1 Å². The van der Waals surface area contributed by atoms with E-state index in [2.05, 4.69) is 6.92 Å². The highest BCUT2D eigenvalue weighted by molar-refractivity contribution is 6.34. The molecule has 0 unspecified atom stereocenters. The molecule has 2 amide bonds. The Hall–Kier alpha value is -2.95. The topological polar surface area (TPSA) is 63.7 Å². The Balaban J connectivity index is 1.85.